The Kier molecular flexibility index (Phi) is 7.95. The van der Waals surface area contributed by atoms with Crippen LogP contribution < -0.4 is 10.1 Å². The first-order chi connectivity index (χ1) is 9.92. The summed E-state index contributed by atoms with van der Waals surface area (Å²) in [5.41, 5.74) is 1.02. The third kappa shape index (κ3) is 7.08. The Morgan fingerprint density at radius 2 is 1.71 bits per heavy atom. The summed E-state index contributed by atoms with van der Waals surface area (Å²) in [6, 6.07) is 6.27. The molecular formula is C18H30ClNO. The lowest BCUT2D eigenvalue weighted by atomic mass is 9.95. The molecule has 2 nitrogen and oxygen atoms in total. The summed E-state index contributed by atoms with van der Waals surface area (Å²) in [4.78, 5) is 0. The lowest BCUT2D eigenvalue weighted by molar-refractivity contribution is 0.318. The predicted octanol–water partition coefficient (Wildman–Crippen LogP) is 6.00. The van der Waals surface area contributed by atoms with Crippen molar-refractivity contribution in [2.24, 2.45) is 11.8 Å². The van der Waals surface area contributed by atoms with Gasteiger partial charge in [0.25, 0.3) is 0 Å². The molecule has 1 aromatic carbocycles. The molecule has 21 heavy (non-hydrogen) atoms. The zero-order valence-electron chi connectivity index (χ0n) is 14.1. The minimum absolute atomic E-state index is 0.451. The number of hydrogen-bond donors (Lipinski definition) is 1. The normalized spacial score (nSPS) is 11.5. The van der Waals surface area contributed by atoms with Crippen molar-refractivity contribution in [1.82, 2.24) is 0 Å². The first-order valence-corrected chi connectivity index (χ1v) is 8.49. The van der Waals surface area contributed by atoms with Gasteiger partial charge in [-0.15, -0.1) is 0 Å². The Labute approximate surface area is 135 Å². The smallest absolute Gasteiger partial charge is 0.142 e. The highest BCUT2D eigenvalue weighted by Gasteiger charge is 2.15. The minimum Gasteiger partial charge on any atom is -0.491 e. The molecular weight excluding hydrogens is 282 g/mol. The molecule has 0 fully saturated rings. The molecule has 0 aliphatic rings. The summed E-state index contributed by atoms with van der Waals surface area (Å²) < 4.78 is 5.83. The maximum Gasteiger partial charge on any atom is 0.142 e. The van der Waals surface area contributed by atoms with Crippen molar-refractivity contribution in [3.63, 3.8) is 0 Å². The van der Waals surface area contributed by atoms with Crippen LogP contribution in [0.5, 0.6) is 5.75 Å². The van der Waals surface area contributed by atoms with Gasteiger partial charge >= 0.3 is 0 Å². The third-order valence-corrected chi connectivity index (χ3v) is 3.51. The van der Waals surface area contributed by atoms with Gasteiger partial charge in [-0.3, -0.25) is 0 Å². The fraction of sp³-hybridized carbons (Fsp3) is 0.667. The Morgan fingerprint density at radius 3 is 2.24 bits per heavy atom. The highest BCUT2D eigenvalue weighted by Crippen LogP contribution is 2.30. The molecule has 0 bridgehead atoms. The van der Waals surface area contributed by atoms with Crippen molar-refractivity contribution in [2.45, 2.75) is 59.9 Å². The van der Waals surface area contributed by atoms with Crippen molar-refractivity contribution < 1.29 is 4.74 Å². The lowest BCUT2D eigenvalue weighted by Crippen LogP contribution is -2.24. The topological polar surface area (TPSA) is 21.3 Å². The van der Waals surface area contributed by atoms with Crippen molar-refractivity contribution in [2.75, 3.05) is 11.9 Å². The number of anilines is 1. The number of rotatable bonds is 9. The Bertz CT molecular complexity index is 408. The van der Waals surface area contributed by atoms with E-state index in [1.54, 1.807) is 0 Å². The monoisotopic (exact) mass is 311 g/mol. The van der Waals surface area contributed by atoms with Crippen LogP contribution in [0.15, 0.2) is 18.2 Å². The molecule has 1 N–H and O–H groups in total. The Morgan fingerprint density at radius 1 is 1.10 bits per heavy atom. The molecule has 0 heterocycles. The van der Waals surface area contributed by atoms with Crippen LogP contribution in [-0.2, 0) is 0 Å². The van der Waals surface area contributed by atoms with E-state index in [9.17, 15) is 0 Å². The summed E-state index contributed by atoms with van der Waals surface area (Å²) in [6.07, 6.45) is 3.30. The first kappa shape index (κ1) is 18.2. The molecule has 0 saturated carbocycles. The average Bonchev–Trinajstić information content (AvgIpc) is 2.36. The van der Waals surface area contributed by atoms with E-state index in [2.05, 4.69) is 39.9 Å². The molecule has 3 heteroatoms. The molecule has 0 saturated heterocycles. The van der Waals surface area contributed by atoms with E-state index in [0.29, 0.717) is 17.9 Å². The molecule has 0 spiro atoms. The molecule has 120 valence electrons. The van der Waals surface area contributed by atoms with Gasteiger partial charge < -0.3 is 10.1 Å². The number of hydrogen-bond acceptors (Lipinski definition) is 2. The van der Waals surface area contributed by atoms with Gasteiger partial charge in [-0.2, -0.15) is 0 Å². The van der Waals surface area contributed by atoms with Crippen molar-refractivity contribution in [3.8, 4) is 5.75 Å². The molecule has 0 atom stereocenters. The quantitative estimate of drug-likeness (QED) is 0.603. The minimum atomic E-state index is 0.451. The van der Waals surface area contributed by atoms with Gasteiger partial charge in [0.05, 0.1) is 12.3 Å². The highest BCUT2D eigenvalue weighted by molar-refractivity contribution is 6.30. The summed E-state index contributed by atoms with van der Waals surface area (Å²) in [6.45, 7) is 11.9. The predicted molar refractivity (Wildman–Crippen MR) is 93.6 cm³/mol. The maximum absolute atomic E-state index is 6.15. The van der Waals surface area contributed by atoms with Crippen LogP contribution >= 0.6 is 11.6 Å². The molecule has 0 amide bonds. The molecule has 0 aliphatic heterocycles. The van der Waals surface area contributed by atoms with Gasteiger partial charge in [-0.05, 0) is 49.3 Å². The van der Waals surface area contributed by atoms with Crippen molar-refractivity contribution >= 4 is 17.3 Å². The van der Waals surface area contributed by atoms with E-state index in [1.165, 1.54) is 0 Å². The van der Waals surface area contributed by atoms with E-state index in [-0.39, 0.29) is 0 Å². The number of ether oxygens (including phenoxy) is 1. The molecule has 0 radical (unpaired) electrons. The summed E-state index contributed by atoms with van der Waals surface area (Å²) in [5, 5.41) is 4.40. The molecule has 1 aromatic rings. The first-order valence-electron chi connectivity index (χ1n) is 8.11. The van der Waals surface area contributed by atoms with E-state index < -0.39 is 0 Å². The number of benzene rings is 1. The van der Waals surface area contributed by atoms with Gasteiger partial charge in [-0.25, -0.2) is 0 Å². The second-order valence-electron chi connectivity index (χ2n) is 6.59. The summed E-state index contributed by atoms with van der Waals surface area (Å²) in [5.74, 6) is 2.24. The van der Waals surface area contributed by atoms with Gasteiger partial charge in [0, 0.05) is 11.1 Å². The third-order valence-electron chi connectivity index (χ3n) is 3.27. The van der Waals surface area contributed by atoms with Crippen LogP contribution in [0.25, 0.3) is 0 Å². The van der Waals surface area contributed by atoms with Gasteiger partial charge in [-0.1, -0.05) is 46.2 Å². The summed E-state index contributed by atoms with van der Waals surface area (Å²) in [7, 11) is 0. The maximum atomic E-state index is 6.15. The van der Waals surface area contributed by atoms with Gasteiger partial charge in [0.2, 0.25) is 0 Å². The van der Waals surface area contributed by atoms with E-state index in [0.717, 1.165) is 42.3 Å². The zero-order chi connectivity index (χ0) is 15.8. The van der Waals surface area contributed by atoms with Crippen LogP contribution in [0.3, 0.4) is 0 Å². The van der Waals surface area contributed by atoms with Crippen LogP contribution in [0.2, 0.25) is 5.02 Å². The van der Waals surface area contributed by atoms with E-state index in [4.69, 9.17) is 16.3 Å². The second-order valence-corrected chi connectivity index (χ2v) is 7.03. The fourth-order valence-electron chi connectivity index (χ4n) is 2.52. The summed E-state index contributed by atoms with van der Waals surface area (Å²) >= 11 is 6.15. The SMILES string of the molecule is CCCOc1ccc(Cl)cc1NC(CC(C)C)CC(C)C. The van der Waals surface area contributed by atoms with Crippen LogP contribution in [0.4, 0.5) is 5.69 Å². The number of nitrogens with one attached hydrogen (secondary N) is 1. The molecule has 1 rings (SSSR count). The Hall–Kier alpha value is -0.890. The van der Waals surface area contributed by atoms with Crippen molar-refractivity contribution in [3.05, 3.63) is 23.2 Å². The molecule has 0 unspecified atom stereocenters. The standard InChI is InChI=1S/C18H30ClNO/c1-6-9-21-18-8-7-15(19)12-17(18)20-16(10-13(2)3)11-14(4)5/h7-8,12-14,16,20H,6,9-11H2,1-5H3. The molecule has 0 aromatic heterocycles. The average molecular weight is 312 g/mol. The lowest BCUT2D eigenvalue weighted by Gasteiger charge is -2.25. The van der Waals surface area contributed by atoms with Crippen LogP contribution in [0.1, 0.15) is 53.9 Å². The fourth-order valence-corrected chi connectivity index (χ4v) is 2.70. The Balaban J connectivity index is 2.86. The van der Waals surface area contributed by atoms with Crippen molar-refractivity contribution in [1.29, 1.82) is 0 Å². The van der Waals surface area contributed by atoms with Crippen LogP contribution in [-0.4, -0.2) is 12.6 Å². The zero-order valence-corrected chi connectivity index (χ0v) is 14.8. The number of halogens is 1. The van der Waals surface area contributed by atoms with Gasteiger partial charge in [0.1, 0.15) is 5.75 Å². The second kappa shape index (κ2) is 9.19. The van der Waals surface area contributed by atoms with E-state index in [1.807, 2.05) is 18.2 Å². The highest BCUT2D eigenvalue weighted by atomic mass is 35.5. The van der Waals surface area contributed by atoms with Gasteiger partial charge in [0.15, 0.2) is 0 Å². The van der Waals surface area contributed by atoms with E-state index >= 15 is 0 Å². The molecule has 0 aliphatic carbocycles. The van der Waals surface area contributed by atoms with Crippen LogP contribution in [0, 0.1) is 11.8 Å². The largest absolute Gasteiger partial charge is 0.491 e.